The van der Waals surface area contributed by atoms with Crippen LogP contribution in [-0.4, -0.2) is 40.2 Å². The summed E-state index contributed by atoms with van der Waals surface area (Å²) in [7, 11) is 0. The molecule has 1 aliphatic carbocycles. The van der Waals surface area contributed by atoms with Gasteiger partial charge in [0.2, 0.25) is 5.95 Å². The van der Waals surface area contributed by atoms with Crippen molar-refractivity contribution in [3.05, 3.63) is 89.5 Å². The molecule has 3 aromatic carbocycles. The number of aromatic amines is 1. The van der Waals surface area contributed by atoms with Crippen molar-refractivity contribution in [1.82, 2.24) is 15.2 Å². The fourth-order valence-corrected chi connectivity index (χ4v) is 6.25. The standard InChI is InChI=1S/C29H24F5N5/c30-28(31)21-15-38(27-35-26(36-37-27)19-11-13-20(14-12-19)29(32,33)34)16-24(25(21)28)39-22-7-3-1-5-17(22)9-10-18-6-2-4-8-23(18)39/h1-8,11-14,21,24-25H,9-10,15-16H2,(H,35,36,37). The number of nitrogens with zero attached hydrogens (tertiary/aromatic N) is 4. The normalized spacial score (nSPS) is 23.5. The molecule has 10 heteroatoms. The number of H-pyrrole nitrogens is 1. The van der Waals surface area contributed by atoms with Crippen LogP contribution in [0.3, 0.4) is 0 Å². The van der Waals surface area contributed by atoms with Gasteiger partial charge in [-0.05, 0) is 48.2 Å². The average Bonchev–Trinajstić information content (AvgIpc) is 3.25. The molecule has 1 aromatic heterocycles. The fourth-order valence-electron chi connectivity index (χ4n) is 6.25. The van der Waals surface area contributed by atoms with Crippen molar-refractivity contribution >= 4 is 17.3 Å². The minimum absolute atomic E-state index is 0.118. The number of fused-ring (bicyclic) bond motifs is 3. The lowest BCUT2D eigenvalue weighted by atomic mass is 10.0. The number of hydrogen-bond acceptors (Lipinski definition) is 4. The quantitative estimate of drug-likeness (QED) is 0.303. The van der Waals surface area contributed by atoms with Crippen LogP contribution in [0.15, 0.2) is 72.8 Å². The number of halogens is 5. The lowest BCUT2D eigenvalue weighted by Gasteiger charge is -2.40. The number of rotatable bonds is 3. The molecule has 3 atom stereocenters. The second-order valence-electron chi connectivity index (χ2n) is 10.5. The van der Waals surface area contributed by atoms with Crippen molar-refractivity contribution in [3.63, 3.8) is 0 Å². The van der Waals surface area contributed by atoms with E-state index in [1.807, 2.05) is 36.4 Å². The molecule has 3 heterocycles. The first-order valence-corrected chi connectivity index (χ1v) is 12.9. The second kappa shape index (κ2) is 8.53. The third kappa shape index (κ3) is 3.95. The van der Waals surface area contributed by atoms with Crippen molar-refractivity contribution in [3.8, 4) is 11.4 Å². The molecule has 1 saturated carbocycles. The fraction of sp³-hybridized carbons (Fsp3) is 0.310. The molecule has 0 bridgehead atoms. The van der Waals surface area contributed by atoms with Gasteiger partial charge in [-0.3, -0.25) is 0 Å². The number of hydrogen-bond donors (Lipinski definition) is 1. The van der Waals surface area contributed by atoms with Crippen LogP contribution in [0.4, 0.5) is 39.3 Å². The number of nitrogens with one attached hydrogen (secondary N) is 1. The Morgan fingerprint density at radius 1 is 0.821 bits per heavy atom. The van der Waals surface area contributed by atoms with Gasteiger partial charge in [0.15, 0.2) is 5.82 Å². The van der Waals surface area contributed by atoms with E-state index in [-0.39, 0.29) is 12.4 Å². The molecule has 0 spiro atoms. The molecule has 5 nitrogen and oxygen atoms in total. The first kappa shape index (κ1) is 24.1. The third-order valence-electron chi connectivity index (χ3n) is 8.24. The summed E-state index contributed by atoms with van der Waals surface area (Å²) >= 11 is 0. The van der Waals surface area contributed by atoms with E-state index in [1.54, 1.807) is 4.90 Å². The molecular weight excluding hydrogens is 513 g/mol. The van der Waals surface area contributed by atoms with Crippen LogP contribution in [0.1, 0.15) is 16.7 Å². The highest BCUT2D eigenvalue weighted by molar-refractivity contribution is 5.73. The lowest BCUT2D eigenvalue weighted by molar-refractivity contribution is -0.137. The van der Waals surface area contributed by atoms with Gasteiger partial charge in [-0.15, -0.1) is 0 Å². The van der Waals surface area contributed by atoms with E-state index in [0.717, 1.165) is 47.5 Å². The molecule has 0 amide bonds. The lowest BCUT2D eigenvalue weighted by Crippen LogP contribution is -2.49. The summed E-state index contributed by atoms with van der Waals surface area (Å²) < 4.78 is 69.4. The molecule has 0 radical (unpaired) electrons. The van der Waals surface area contributed by atoms with E-state index in [4.69, 9.17) is 0 Å². The van der Waals surface area contributed by atoms with Crippen molar-refractivity contribution in [2.75, 3.05) is 22.9 Å². The Bertz CT molecular complexity index is 1480. The minimum atomic E-state index is -4.44. The molecule has 1 N–H and O–H groups in total. The van der Waals surface area contributed by atoms with E-state index in [0.29, 0.717) is 18.1 Å². The predicted molar refractivity (Wildman–Crippen MR) is 137 cm³/mol. The molecule has 4 aromatic rings. The molecule has 3 unspecified atom stereocenters. The van der Waals surface area contributed by atoms with Crippen LogP contribution in [0, 0.1) is 11.8 Å². The Hall–Kier alpha value is -3.95. The first-order valence-electron chi connectivity index (χ1n) is 12.9. The Morgan fingerprint density at radius 3 is 2.05 bits per heavy atom. The van der Waals surface area contributed by atoms with Crippen LogP contribution in [0.2, 0.25) is 0 Å². The maximum Gasteiger partial charge on any atom is 0.416 e. The Labute approximate surface area is 221 Å². The number of benzene rings is 3. The number of piperidine rings is 1. The van der Waals surface area contributed by atoms with Gasteiger partial charge in [0.05, 0.1) is 23.4 Å². The largest absolute Gasteiger partial charge is 0.416 e. The van der Waals surface area contributed by atoms with Gasteiger partial charge in [0, 0.05) is 30.0 Å². The molecule has 2 fully saturated rings. The zero-order valence-corrected chi connectivity index (χ0v) is 20.7. The molecule has 3 aliphatic rings. The van der Waals surface area contributed by atoms with E-state index >= 15 is 8.78 Å². The molecule has 7 rings (SSSR count). The van der Waals surface area contributed by atoms with Crippen molar-refractivity contribution in [2.45, 2.75) is 31.0 Å². The highest BCUT2D eigenvalue weighted by atomic mass is 19.4. The van der Waals surface area contributed by atoms with Crippen LogP contribution in [0.25, 0.3) is 11.4 Å². The van der Waals surface area contributed by atoms with E-state index in [1.165, 1.54) is 12.1 Å². The van der Waals surface area contributed by atoms with Crippen LogP contribution in [0.5, 0.6) is 0 Å². The van der Waals surface area contributed by atoms with E-state index in [2.05, 4.69) is 32.2 Å². The number of aromatic nitrogens is 3. The summed E-state index contributed by atoms with van der Waals surface area (Å²) in [4.78, 5) is 8.39. The average molecular weight is 538 g/mol. The first-order chi connectivity index (χ1) is 18.7. The van der Waals surface area contributed by atoms with Crippen molar-refractivity contribution in [2.24, 2.45) is 11.8 Å². The highest BCUT2D eigenvalue weighted by Gasteiger charge is 2.74. The van der Waals surface area contributed by atoms with Gasteiger partial charge in [0.1, 0.15) is 0 Å². The molecule has 2 aliphatic heterocycles. The molecule has 1 saturated heterocycles. The van der Waals surface area contributed by atoms with Crippen molar-refractivity contribution in [1.29, 1.82) is 0 Å². The third-order valence-corrected chi connectivity index (χ3v) is 8.24. The highest BCUT2D eigenvalue weighted by Crippen LogP contribution is 2.61. The summed E-state index contributed by atoms with van der Waals surface area (Å²) in [5, 5.41) is 7.03. The number of alkyl halides is 5. The van der Waals surface area contributed by atoms with E-state index < -0.39 is 35.5 Å². The topological polar surface area (TPSA) is 48.1 Å². The Balaban J connectivity index is 1.24. The monoisotopic (exact) mass is 537 g/mol. The van der Waals surface area contributed by atoms with Gasteiger partial charge < -0.3 is 9.80 Å². The van der Waals surface area contributed by atoms with E-state index in [9.17, 15) is 13.2 Å². The Kier molecular flexibility index (Phi) is 5.27. The predicted octanol–water partition coefficient (Wildman–Crippen LogP) is 6.50. The van der Waals surface area contributed by atoms with Crippen LogP contribution < -0.4 is 9.80 Å². The Morgan fingerprint density at radius 2 is 1.44 bits per heavy atom. The van der Waals surface area contributed by atoms with Crippen LogP contribution in [-0.2, 0) is 19.0 Å². The zero-order valence-electron chi connectivity index (χ0n) is 20.7. The minimum Gasteiger partial charge on any atom is -0.339 e. The summed E-state index contributed by atoms with van der Waals surface area (Å²) in [6, 6.07) is 20.0. The molecule has 39 heavy (non-hydrogen) atoms. The number of aryl methyl sites for hydroxylation is 2. The second-order valence-corrected chi connectivity index (χ2v) is 10.5. The van der Waals surface area contributed by atoms with Crippen molar-refractivity contribution < 1.29 is 22.0 Å². The maximum absolute atomic E-state index is 15.3. The number of anilines is 3. The molecule has 200 valence electrons. The summed E-state index contributed by atoms with van der Waals surface area (Å²) in [6.07, 6.45) is -2.80. The van der Waals surface area contributed by atoms with Gasteiger partial charge in [0.25, 0.3) is 5.92 Å². The SMILES string of the molecule is FC(F)(F)c1ccc(-c2n[nH]c(N3CC(N4c5ccccc5CCc5ccccc54)C4C(C3)C4(F)F)n2)cc1. The maximum atomic E-state index is 15.3. The summed E-state index contributed by atoms with van der Waals surface area (Å²) in [5.74, 6) is -3.91. The summed E-state index contributed by atoms with van der Waals surface area (Å²) in [5.41, 5.74) is 3.77. The van der Waals surface area contributed by atoms with Crippen LogP contribution >= 0.6 is 0 Å². The summed E-state index contributed by atoms with van der Waals surface area (Å²) in [6.45, 7) is 0.411. The number of para-hydroxylation sites is 2. The smallest absolute Gasteiger partial charge is 0.339 e. The van der Waals surface area contributed by atoms with Gasteiger partial charge in [-0.25, -0.2) is 13.9 Å². The van der Waals surface area contributed by atoms with Gasteiger partial charge in [-0.2, -0.15) is 23.3 Å². The van der Waals surface area contributed by atoms with Gasteiger partial charge >= 0.3 is 6.18 Å². The van der Waals surface area contributed by atoms with Gasteiger partial charge in [-0.1, -0.05) is 48.5 Å². The molecular formula is C29H24F5N5. The zero-order chi connectivity index (χ0) is 26.9.